The lowest BCUT2D eigenvalue weighted by molar-refractivity contribution is -0.136. The normalized spacial score (nSPS) is 12.2. The van der Waals surface area contributed by atoms with E-state index in [0.717, 1.165) is 16.7 Å². The molecule has 4 heteroatoms. The molecule has 1 aromatic carbocycles. The second-order valence-corrected chi connectivity index (χ2v) is 4.61. The third kappa shape index (κ3) is 3.40. The number of carboxylic acid groups (broad SMARTS) is 1. The molecule has 0 aromatic heterocycles. The average Bonchev–Trinajstić information content (AvgIpc) is 2.29. The molecule has 0 saturated heterocycles. The summed E-state index contributed by atoms with van der Waals surface area (Å²) in [4.78, 5) is 22.6. The maximum atomic E-state index is 12.2. The minimum Gasteiger partial charge on any atom is -0.480 e. The Kier molecular flexibility index (Phi) is 4.62. The second kappa shape index (κ2) is 5.78. The van der Waals surface area contributed by atoms with Crippen molar-refractivity contribution in [3.05, 3.63) is 34.4 Å². The first-order valence-corrected chi connectivity index (χ1v) is 5.90. The predicted molar refractivity (Wildman–Crippen MR) is 70.1 cm³/mol. The maximum absolute atomic E-state index is 12.2. The van der Waals surface area contributed by atoms with Crippen LogP contribution in [0.1, 0.15) is 34.0 Å². The summed E-state index contributed by atoms with van der Waals surface area (Å²) in [5.74, 6) is -1.04. The van der Waals surface area contributed by atoms with E-state index in [-0.39, 0.29) is 12.3 Å². The number of carbonyl (C=O) groups excluding carboxylic acids is 1. The fourth-order valence-electron chi connectivity index (χ4n) is 1.79. The molecule has 0 amide bonds. The minimum absolute atomic E-state index is 0.0724. The third-order valence-corrected chi connectivity index (χ3v) is 3.06. The number of carboxylic acids is 1. The Bertz CT molecular complexity index is 480. The van der Waals surface area contributed by atoms with Gasteiger partial charge in [0.1, 0.15) is 0 Å². The molecule has 0 radical (unpaired) electrons. The van der Waals surface area contributed by atoms with Crippen LogP contribution in [0, 0.1) is 20.8 Å². The summed E-state index contributed by atoms with van der Waals surface area (Å²) in [6.07, 6.45) is 0. The number of aryl methyl sites for hydroxylation is 3. The third-order valence-electron chi connectivity index (χ3n) is 3.06. The fraction of sp³-hybridized carbons (Fsp3) is 0.429. The van der Waals surface area contributed by atoms with Gasteiger partial charge in [-0.15, -0.1) is 0 Å². The van der Waals surface area contributed by atoms with Gasteiger partial charge in [0.15, 0.2) is 5.78 Å². The van der Waals surface area contributed by atoms with Crippen molar-refractivity contribution in [2.24, 2.45) is 0 Å². The van der Waals surface area contributed by atoms with Crippen molar-refractivity contribution in [3.8, 4) is 0 Å². The number of nitrogens with one attached hydrogen (secondary N) is 1. The van der Waals surface area contributed by atoms with E-state index in [1.807, 2.05) is 32.9 Å². The zero-order valence-corrected chi connectivity index (χ0v) is 11.2. The highest BCUT2D eigenvalue weighted by Gasteiger charge is 2.18. The molecule has 1 atom stereocenters. The van der Waals surface area contributed by atoms with Gasteiger partial charge in [-0.1, -0.05) is 6.07 Å². The molecule has 2 N–H and O–H groups in total. The standard InChI is InChI=1S/C14H19NO3/c1-8-5-10(3)12(6-9(8)2)14(18)11(4)15-7-13(16)17/h5-6,11,15H,7H2,1-4H3,(H,16,17). The topological polar surface area (TPSA) is 66.4 Å². The number of hydrogen-bond acceptors (Lipinski definition) is 3. The summed E-state index contributed by atoms with van der Waals surface area (Å²) >= 11 is 0. The van der Waals surface area contributed by atoms with Crippen LogP contribution in [0.25, 0.3) is 0 Å². The molecule has 0 aliphatic heterocycles. The summed E-state index contributed by atoms with van der Waals surface area (Å²) in [7, 11) is 0. The molecule has 0 aliphatic carbocycles. The Morgan fingerprint density at radius 2 is 1.72 bits per heavy atom. The van der Waals surface area contributed by atoms with E-state index in [1.165, 1.54) is 0 Å². The van der Waals surface area contributed by atoms with E-state index in [0.29, 0.717) is 5.56 Å². The predicted octanol–water partition coefficient (Wildman–Crippen LogP) is 1.86. The monoisotopic (exact) mass is 249 g/mol. The van der Waals surface area contributed by atoms with Crippen molar-refractivity contribution in [1.29, 1.82) is 0 Å². The number of Topliss-reactive ketones (excluding diaryl/α,β-unsaturated/α-hetero) is 1. The van der Waals surface area contributed by atoms with Gasteiger partial charge >= 0.3 is 5.97 Å². The van der Waals surface area contributed by atoms with E-state index in [2.05, 4.69) is 5.32 Å². The molecule has 18 heavy (non-hydrogen) atoms. The molecule has 1 rings (SSSR count). The second-order valence-electron chi connectivity index (χ2n) is 4.61. The number of rotatable bonds is 5. The molecule has 0 spiro atoms. The van der Waals surface area contributed by atoms with Crippen LogP contribution in [0.2, 0.25) is 0 Å². The Labute approximate surface area is 107 Å². The lowest BCUT2D eigenvalue weighted by Crippen LogP contribution is -2.37. The Morgan fingerprint density at radius 1 is 1.17 bits per heavy atom. The quantitative estimate of drug-likeness (QED) is 0.782. The van der Waals surface area contributed by atoms with Crippen molar-refractivity contribution in [1.82, 2.24) is 5.32 Å². The Morgan fingerprint density at radius 3 is 2.28 bits per heavy atom. The molecule has 0 saturated carbocycles. The van der Waals surface area contributed by atoms with Crippen LogP contribution in [-0.4, -0.2) is 29.4 Å². The lowest BCUT2D eigenvalue weighted by atomic mass is 9.95. The molecule has 1 aromatic rings. The first kappa shape index (κ1) is 14.4. The van der Waals surface area contributed by atoms with Gasteiger partial charge in [0, 0.05) is 5.56 Å². The van der Waals surface area contributed by atoms with Crippen molar-refractivity contribution < 1.29 is 14.7 Å². The molecule has 98 valence electrons. The van der Waals surface area contributed by atoms with Crippen molar-refractivity contribution in [2.45, 2.75) is 33.7 Å². The van der Waals surface area contributed by atoms with Crippen LogP contribution in [0.5, 0.6) is 0 Å². The molecular formula is C14H19NO3. The highest BCUT2D eigenvalue weighted by Crippen LogP contribution is 2.16. The fourth-order valence-corrected chi connectivity index (χ4v) is 1.79. The van der Waals surface area contributed by atoms with Gasteiger partial charge in [-0.3, -0.25) is 14.9 Å². The zero-order valence-electron chi connectivity index (χ0n) is 11.2. The smallest absolute Gasteiger partial charge is 0.317 e. The minimum atomic E-state index is -0.966. The SMILES string of the molecule is Cc1cc(C)c(C(=O)C(C)NCC(=O)O)cc1C. The molecule has 0 bridgehead atoms. The summed E-state index contributed by atoms with van der Waals surface area (Å²) in [5.41, 5.74) is 3.79. The van der Waals surface area contributed by atoms with E-state index < -0.39 is 12.0 Å². The maximum Gasteiger partial charge on any atom is 0.317 e. The molecule has 1 unspecified atom stereocenters. The van der Waals surface area contributed by atoms with E-state index >= 15 is 0 Å². The van der Waals surface area contributed by atoms with Crippen LogP contribution in [-0.2, 0) is 4.79 Å². The van der Waals surface area contributed by atoms with Crippen LogP contribution >= 0.6 is 0 Å². The first-order chi connectivity index (χ1) is 8.32. The Hall–Kier alpha value is -1.68. The van der Waals surface area contributed by atoms with Crippen molar-refractivity contribution in [2.75, 3.05) is 6.54 Å². The van der Waals surface area contributed by atoms with Gasteiger partial charge in [-0.25, -0.2) is 0 Å². The largest absolute Gasteiger partial charge is 0.480 e. The number of carbonyl (C=O) groups is 2. The highest BCUT2D eigenvalue weighted by atomic mass is 16.4. The van der Waals surface area contributed by atoms with Gasteiger partial charge in [-0.2, -0.15) is 0 Å². The van der Waals surface area contributed by atoms with Gasteiger partial charge in [0.2, 0.25) is 0 Å². The van der Waals surface area contributed by atoms with Crippen molar-refractivity contribution in [3.63, 3.8) is 0 Å². The van der Waals surface area contributed by atoms with Crippen molar-refractivity contribution >= 4 is 11.8 Å². The number of benzene rings is 1. The van der Waals surface area contributed by atoms with Crippen LogP contribution in [0.4, 0.5) is 0 Å². The summed E-state index contributed by atoms with van der Waals surface area (Å²) in [5, 5.41) is 11.3. The van der Waals surface area contributed by atoms with E-state index in [4.69, 9.17) is 5.11 Å². The summed E-state index contributed by atoms with van der Waals surface area (Å²) in [6, 6.07) is 3.35. The van der Waals surface area contributed by atoms with Gasteiger partial charge in [-0.05, 0) is 50.5 Å². The first-order valence-electron chi connectivity index (χ1n) is 5.90. The number of hydrogen-bond donors (Lipinski definition) is 2. The van der Waals surface area contributed by atoms with Crippen LogP contribution in [0.15, 0.2) is 12.1 Å². The highest BCUT2D eigenvalue weighted by molar-refractivity contribution is 6.01. The summed E-state index contributed by atoms with van der Waals surface area (Å²) < 4.78 is 0. The average molecular weight is 249 g/mol. The van der Waals surface area contributed by atoms with Gasteiger partial charge in [0.25, 0.3) is 0 Å². The molecule has 0 aliphatic rings. The lowest BCUT2D eigenvalue weighted by Gasteiger charge is -2.14. The van der Waals surface area contributed by atoms with Gasteiger partial charge in [0.05, 0.1) is 12.6 Å². The van der Waals surface area contributed by atoms with Crippen LogP contribution in [0.3, 0.4) is 0 Å². The Balaban J connectivity index is 2.90. The van der Waals surface area contributed by atoms with E-state index in [9.17, 15) is 9.59 Å². The van der Waals surface area contributed by atoms with Crippen LogP contribution < -0.4 is 5.32 Å². The van der Waals surface area contributed by atoms with Gasteiger partial charge < -0.3 is 5.11 Å². The number of ketones is 1. The molecular weight excluding hydrogens is 230 g/mol. The molecule has 4 nitrogen and oxygen atoms in total. The molecule has 0 fully saturated rings. The molecule has 0 heterocycles. The summed E-state index contributed by atoms with van der Waals surface area (Å²) in [6.45, 7) is 7.32. The van der Waals surface area contributed by atoms with E-state index in [1.54, 1.807) is 6.92 Å². The zero-order chi connectivity index (χ0) is 13.9. The number of aliphatic carboxylic acids is 1.